The zero-order valence-electron chi connectivity index (χ0n) is 16.7. The Morgan fingerprint density at radius 3 is 2.39 bits per heavy atom. The van der Waals surface area contributed by atoms with Crippen molar-refractivity contribution >= 4 is 39.9 Å². The van der Waals surface area contributed by atoms with E-state index in [1.54, 1.807) is 22.9 Å². The second kappa shape index (κ2) is 9.46. The number of rotatable bonds is 6. The summed E-state index contributed by atoms with van der Waals surface area (Å²) in [6.07, 6.45) is 1.63. The van der Waals surface area contributed by atoms with Gasteiger partial charge in [0.1, 0.15) is 0 Å². The van der Waals surface area contributed by atoms with Gasteiger partial charge in [-0.1, -0.05) is 41.9 Å². The van der Waals surface area contributed by atoms with Crippen LogP contribution in [0.5, 0.6) is 0 Å². The SMILES string of the molecule is O=S(=O)(/C=C/c1ccccc1)N1CCN(Cn2[nH]c(-c3ccc(Cl)cc3)nc2=S)CC1. The molecule has 1 aliphatic heterocycles. The summed E-state index contributed by atoms with van der Waals surface area (Å²) < 4.78 is 29.0. The van der Waals surface area contributed by atoms with E-state index in [1.165, 1.54) is 9.71 Å². The molecule has 162 valence electrons. The lowest BCUT2D eigenvalue weighted by molar-refractivity contribution is 0.145. The van der Waals surface area contributed by atoms with Gasteiger partial charge < -0.3 is 0 Å². The number of piperazine rings is 1. The van der Waals surface area contributed by atoms with Crippen molar-refractivity contribution in [2.45, 2.75) is 6.67 Å². The summed E-state index contributed by atoms with van der Waals surface area (Å²) in [6.45, 7) is 2.58. The van der Waals surface area contributed by atoms with Crippen molar-refractivity contribution in [3.8, 4) is 11.4 Å². The van der Waals surface area contributed by atoms with Crippen LogP contribution in [0.3, 0.4) is 0 Å². The van der Waals surface area contributed by atoms with Crippen LogP contribution in [0.4, 0.5) is 0 Å². The normalized spacial score (nSPS) is 16.2. The Hall–Kier alpha value is -2.30. The molecule has 31 heavy (non-hydrogen) atoms. The Labute approximate surface area is 191 Å². The number of nitrogens with one attached hydrogen (secondary N) is 1. The van der Waals surface area contributed by atoms with Gasteiger partial charge in [-0.25, -0.2) is 13.1 Å². The van der Waals surface area contributed by atoms with Gasteiger partial charge in [-0.05, 0) is 48.1 Å². The topological polar surface area (TPSA) is 74.2 Å². The number of H-pyrrole nitrogens is 1. The fourth-order valence-corrected chi connectivity index (χ4v) is 4.82. The average molecular weight is 476 g/mol. The number of benzene rings is 2. The number of aromatic nitrogens is 3. The first kappa shape index (κ1) is 21.9. The third-order valence-corrected chi connectivity index (χ3v) is 7.19. The van der Waals surface area contributed by atoms with E-state index in [-0.39, 0.29) is 0 Å². The summed E-state index contributed by atoms with van der Waals surface area (Å²) in [5.41, 5.74) is 1.75. The second-order valence-corrected chi connectivity index (χ2v) is 9.83. The number of sulfonamides is 1. The van der Waals surface area contributed by atoms with Crippen molar-refractivity contribution < 1.29 is 8.42 Å². The molecule has 1 N–H and O–H groups in total. The summed E-state index contributed by atoms with van der Waals surface area (Å²) in [6, 6.07) is 16.8. The smallest absolute Gasteiger partial charge is 0.236 e. The Kier molecular flexibility index (Phi) is 6.68. The molecule has 3 aromatic rings. The fourth-order valence-electron chi connectivity index (χ4n) is 3.33. The van der Waals surface area contributed by atoms with Crippen molar-refractivity contribution in [3.63, 3.8) is 0 Å². The van der Waals surface area contributed by atoms with Gasteiger partial charge in [0.2, 0.25) is 14.8 Å². The molecule has 2 heterocycles. The largest absolute Gasteiger partial charge is 0.282 e. The first-order chi connectivity index (χ1) is 14.9. The van der Waals surface area contributed by atoms with E-state index in [0.717, 1.165) is 11.1 Å². The van der Waals surface area contributed by atoms with Crippen LogP contribution in [0.2, 0.25) is 5.02 Å². The zero-order valence-corrected chi connectivity index (χ0v) is 19.1. The summed E-state index contributed by atoms with van der Waals surface area (Å²) in [5, 5.41) is 5.16. The van der Waals surface area contributed by atoms with Crippen LogP contribution in [0, 0.1) is 4.77 Å². The molecule has 0 saturated carbocycles. The van der Waals surface area contributed by atoms with E-state index in [1.807, 2.05) is 42.5 Å². The standard InChI is InChI=1S/C21H22ClN5O2S2/c22-19-8-6-18(7-9-19)20-23-21(30)27(24-20)16-25-11-13-26(14-12-25)31(28,29)15-10-17-4-2-1-3-5-17/h1-10,15H,11-14,16H2,(H,23,24,30)/b15-10+. The lowest BCUT2D eigenvalue weighted by Crippen LogP contribution is -2.48. The highest BCUT2D eigenvalue weighted by Crippen LogP contribution is 2.18. The van der Waals surface area contributed by atoms with Gasteiger partial charge in [0, 0.05) is 42.2 Å². The maximum Gasteiger partial charge on any atom is 0.236 e. The number of aromatic amines is 1. The van der Waals surface area contributed by atoms with Gasteiger partial charge in [-0.3, -0.25) is 10.00 Å². The van der Waals surface area contributed by atoms with Gasteiger partial charge in [0.05, 0.1) is 6.67 Å². The number of hydrogen-bond donors (Lipinski definition) is 1. The molecule has 0 bridgehead atoms. The highest BCUT2D eigenvalue weighted by Gasteiger charge is 2.25. The molecule has 0 amide bonds. The Morgan fingerprint density at radius 2 is 1.71 bits per heavy atom. The maximum atomic E-state index is 12.6. The minimum Gasteiger partial charge on any atom is -0.282 e. The highest BCUT2D eigenvalue weighted by atomic mass is 35.5. The molecule has 4 rings (SSSR count). The molecule has 0 unspecified atom stereocenters. The molecule has 0 atom stereocenters. The minimum atomic E-state index is -3.45. The Balaban J connectivity index is 1.37. The van der Waals surface area contributed by atoms with Gasteiger partial charge >= 0.3 is 0 Å². The van der Waals surface area contributed by atoms with Gasteiger partial charge in [-0.2, -0.15) is 9.29 Å². The lowest BCUT2D eigenvalue weighted by Gasteiger charge is -2.33. The van der Waals surface area contributed by atoms with Crippen LogP contribution in [0.15, 0.2) is 60.0 Å². The van der Waals surface area contributed by atoms with E-state index >= 15 is 0 Å². The van der Waals surface area contributed by atoms with E-state index in [4.69, 9.17) is 23.8 Å². The monoisotopic (exact) mass is 475 g/mol. The molecule has 10 heteroatoms. The second-order valence-electron chi connectivity index (χ2n) is 7.21. The molecule has 7 nitrogen and oxygen atoms in total. The van der Waals surface area contributed by atoms with Crippen molar-refractivity contribution in [2.24, 2.45) is 0 Å². The fraction of sp³-hybridized carbons (Fsp3) is 0.238. The summed E-state index contributed by atoms with van der Waals surface area (Å²) >= 11 is 11.3. The third kappa shape index (κ3) is 5.50. The quantitative estimate of drug-likeness (QED) is 0.548. The molecule has 2 aromatic carbocycles. The van der Waals surface area contributed by atoms with E-state index in [9.17, 15) is 8.42 Å². The van der Waals surface area contributed by atoms with Crippen molar-refractivity contribution in [1.82, 2.24) is 24.0 Å². The number of halogens is 1. The lowest BCUT2D eigenvalue weighted by atomic mass is 10.2. The van der Waals surface area contributed by atoms with Crippen LogP contribution in [-0.2, 0) is 16.7 Å². The molecule has 1 aliphatic rings. The molecule has 0 radical (unpaired) electrons. The van der Waals surface area contributed by atoms with Crippen LogP contribution in [-0.4, -0.2) is 58.6 Å². The van der Waals surface area contributed by atoms with Crippen LogP contribution < -0.4 is 0 Å². The Bertz CT molecular complexity index is 1210. The molecule has 0 aliphatic carbocycles. The van der Waals surface area contributed by atoms with E-state index < -0.39 is 10.0 Å². The van der Waals surface area contributed by atoms with Gasteiger partial charge in [-0.15, -0.1) is 0 Å². The molecule has 1 saturated heterocycles. The van der Waals surface area contributed by atoms with Gasteiger partial charge in [0.25, 0.3) is 0 Å². The first-order valence-electron chi connectivity index (χ1n) is 9.79. The summed E-state index contributed by atoms with van der Waals surface area (Å²) in [4.78, 5) is 6.57. The van der Waals surface area contributed by atoms with Crippen LogP contribution in [0.1, 0.15) is 5.56 Å². The van der Waals surface area contributed by atoms with Crippen molar-refractivity contribution in [3.05, 3.63) is 75.4 Å². The highest BCUT2D eigenvalue weighted by molar-refractivity contribution is 7.92. The average Bonchev–Trinajstić information content (AvgIpc) is 3.14. The zero-order chi connectivity index (χ0) is 21.8. The summed E-state index contributed by atoms with van der Waals surface area (Å²) in [7, 11) is -3.45. The maximum absolute atomic E-state index is 12.6. The molecular weight excluding hydrogens is 454 g/mol. The molecular formula is C21H22ClN5O2S2. The predicted molar refractivity (Wildman–Crippen MR) is 125 cm³/mol. The Morgan fingerprint density at radius 1 is 1.03 bits per heavy atom. The predicted octanol–water partition coefficient (Wildman–Crippen LogP) is 3.84. The molecule has 1 aromatic heterocycles. The van der Waals surface area contributed by atoms with Gasteiger partial charge in [0.15, 0.2) is 5.82 Å². The molecule has 1 fully saturated rings. The first-order valence-corrected chi connectivity index (χ1v) is 12.1. The van der Waals surface area contributed by atoms with E-state index in [0.29, 0.717) is 48.5 Å². The number of hydrogen-bond acceptors (Lipinski definition) is 5. The third-order valence-electron chi connectivity index (χ3n) is 5.06. The van der Waals surface area contributed by atoms with Crippen LogP contribution in [0.25, 0.3) is 17.5 Å². The summed E-state index contributed by atoms with van der Waals surface area (Å²) in [5.74, 6) is 0.675. The van der Waals surface area contributed by atoms with Crippen LogP contribution >= 0.6 is 23.8 Å². The van der Waals surface area contributed by atoms with E-state index in [2.05, 4.69) is 15.0 Å². The molecule has 0 spiro atoms. The van der Waals surface area contributed by atoms with Crippen molar-refractivity contribution in [2.75, 3.05) is 26.2 Å². The number of nitrogens with zero attached hydrogens (tertiary/aromatic N) is 4. The van der Waals surface area contributed by atoms with Crippen molar-refractivity contribution in [1.29, 1.82) is 0 Å². The minimum absolute atomic E-state index is 0.424.